The molecule has 3 heterocycles. The van der Waals surface area contributed by atoms with Crippen molar-refractivity contribution in [2.75, 3.05) is 13.1 Å². The van der Waals surface area contributed by atoms with Crippen LogP contribution in [0.25, 0.3) is 0 Å². The minimum Gasteiger partial charge on any atom is -0.342 e. The molecule has 1 aliphatic heterocycles. The van der Waals surface area contributed by atoms with Crippen molar-refractivity contribution in [3.63, 3.8) is 0 Å². The van der Waals surface area contributed by atoms with Crippen LogP contribution in [0.5, 0.6) is 0 Å². The Kier molecular flexibility index (Phi) is 4.34. The number of carbonyl (C=O) groups excluding carboxylic acids is 1. The molecule has 3 rings (SSSR count). The van der Waals surface area contributed by atoms with Gasteiger partial charge in [0.2, 0.25) is 11.8 Å². The topological polar surface area (TPSA) is 59.2 Å². The summed E-state index contributed by atoms with van der Waals surface area (Å²) in [6, 6.07) is 4.11. The van der Waals surface area contributed by atoms with E-state index in [2.05, 4.69) is 21.6 Å². The summed E-state index contributed by atoms with van der Waals surface area (Å²) in [6.07, 6.45) is 3.42. The van der Waals surface area contributed by atoms with Gasteiger partial charge in [0, 0.05) is 24.4 Å². The van der Waals surface area contributed by atoms with Gasteiger partial charge in [-0.05, 0) is 37.6 Å². The van der Waals surface area contributed by atoms with E-state index in [1.165, 1.54) is 4.88 Å². The molecule has 0 unspecified atom stereocenters. The van der Waals surface area contributed by atoms with Gasteiger partial charge in [-0.1, -0.05) is 11.2 Å². The average Bonchev–Trinajstić information content (AvgIpc) is 3.16. The molecule has 5 nitrogen and oxygen atoms in total. The van der Waals surface area contributed by atoms with Crippen molar-refractivity contribution in [2.45, 2.75) is 38.5 Å². The Labute approximate surface area is 128 Å². The van der Waals surface area contributed by atoms with Crippen molar-refractivity contribution in [3.05, 3.63) is 34.1 Å². The molecule has 2 aromatic heterocycles. The van der Waals surface area contributed by atoms with Crippen LogP contribution >= 0.6 is 11.3 Å². The largest absolute Gasteiger partial charge is 0.342 e. The molecule has 0 spiro atoms. The van der Waals surface area contributed by atoms with E-state index in [1.54, 1.807) is 11.3 Å². The van der Waals surface area contributed by atoms with E-state index in [0.29, 0.717) is 24.7 Å². The minimum absolute atomic E-state index is 0.186. The van der Waals surface area contributed by atoms with E-state index in [1.807, 2.05) is 17.9 Å². The van der Waals surface area contributed by atoms with E-state index in [9.17, 15) is 4.79 Å². The first kappa shape index (κ1) is 14.3. The van der Waals surface area contributed by atoms with Crippen molar-refractivity contribution in [1.82, 2.24) is 15.0 Å². The third-order valence-electron chi connectivity index (χ3n) is 3.83. The first-order chi connectivity index (χ1) is 10.2. The second-order valence-corrected chi connectivity index (χ2v) is 6.47. The van der Waals surface area contributed by atoms with Crippen LogP contribution in [-0.2, 0) is 11.2 Å². The SMILES string of the molecule is Cc1noc([C@@H]2CCCN(C(=O)CCc3cccs3)C2)n1. The summed E-state index contributed by atoms with van der Waals surface area (Å²) in [5.74, 6) is 1.74. The smallest absolute Gasteiger partial charge is 0.231 e. The van der Waals surface area contributed by atoms with Gasteiger partial charge in [-0.3, -0.25) is 4.79 Å². The zero-order valence-electron chi connectivity index (χ0n) is 12.1. The minimum atomic E-state index is 0.186. The molecule has 1 aliphatic rings. The highest BCUT2D eigenvalue weighted by atomic mass is 32.1. The van der Waals surface area contributed by atoms with Gasteiger partial charge in [0.05, 0.1) is 5.92 Å². The molecule has 0 bridgehead atoms. The van der Waals surface area contributed by atoms with E-state index >= 15 is 0 Å². The number of hydrogen-bond acceptors (Lipinski definition) is 5. The Balaban J connectivity index is 1.56. The lowest BCUT2D eigenvalue weighted by molar-refractivity contribution is -0.132. The fourth-order valence-electron chi connectivity index (χ4n) is 2.73. The Bertz CT molecular complexity index is 594. The fraction of sp³-hybridized carbons (Fsp3) is 0.533. The maximum absolute atomic E-state index is 12.3. The summed E-state index contributed by atoms with van der Waals surface area (Å²) in [4.78, 5) is 19.9. The quantitative estimate of drug-likeness (QED) is 0.871. The summed E-state index contributed by atoms with van der Waals surface area (Å²) < 4.78 is 5.25. The maximum Gasteiger partial charge on any atom is 0.231 e. The first-order valence-electron chi connectivity index (χ1n) is 7.33. The molecule has 1 atom stereocenters. The Morgan fingerprint density at radius 2 is 2.48 bits per heavy atom. The Morgan fingerprint density at radius 3 is 3.19 bits per heavy atom. The number of amides is 1. The van der Waals surface area contributed by atoms with Crippen LogP contribution in [0.3, 0.4) is 0 Å². The number of carbonyl (C=O) groups is 1. The predicted octanol–water partition coefficient (Wildman–Crippen LogP) is 2.78. The highest BCUT2D eigenvalue weighted by molar-refractivity contribution is 7.09. The molecule has 6 heteroatoms. The summed E-state index contributed by atoms with van der Waals surface area (Å²) in [6.45, 7) is 3.36. The van der Waals surface area contributed by atoms with Crippen LogP contribution in [0.2, 0.25) is 0 Å². The molecule has 0 saturated carbocycles. The molecule has 1 amide bonds. The van der Waals surface area contributed by atoms with Crippen molar-refractivity contribution < 1.29 is 9.32 Å². The van der Waals surface area contributed by atoms with Gasteiger partial charge in [0.15, 0.2) is 5.82 Å². The molecule has 112 valence electrons. The van der Waals surface area contributed by atoms with Crippen molar-refractivity contribution >= 4 is 17.2 Å². The van der Waals surface area contributed by atoms with E-state index in [0.717, 1.165) is 25.8 Å². The Hall–Kier alpha value is -1.69. The summed E-state index contributed by atoms with van der Waals surface area (Å²) in [7, 11) is 0. The van der Waals surface area contributed by atoms with Crippen LogP contribution in [0.1, 0.15) is 41.8 Å². The van der Waals surface area contributed by atoms with Gasteiger partial charge in [-0.25, -0.2) is 0 Å². The molecule has 1 saturated heterocycles. The van der Waals surface area contributed by atoms with Gasteiger partial charge in [-0.2, -0.15) is 4.98 Å². The number of rotatable bonds is 4. The molecule has 2 aromatic rings. The number of piperidine rings is 1. The molecule has 0 radical (unpaired) electrons. The lowest BCUT2D eigenvalue weighted by Gasteiger charge is -2.31. The van der Waals surface area contributed by atoms with E-state index in [4.69, 9.17) is 4.52 Å². The number of aryl methyl sites for hydroxylation is 2. The van der Waals surface area contributed by atoms with Crippen LogP contribution < -0.4 is 0 Å². The van der Waals surface area contributed by atoms with Crippen molar-refractivity contribution in [2.24, 2.45) is 0 Å². The number of nitrogens with zero attached hydrogens (tertiary/aromatic N) is 3. The normalized spacial score (nSPS) is 18.9. The molecular weight excluding hydrogens is 286 g/mol. The van der Waals surface area contributed by atoms with Crippen molar-refractivity contribution in [3.8, 4) is 0 Å². The maximum atomic E-state index is 12.3. The molecule has 21 heavy (non-hydrogen) atoms. The Morgan fingerprint density at radius 1 is 1.57 bits per heavy atom. The summed E-state index contributed by atoms with van der Waals surface area (Å²) in [5.41, 5.74) is 0. The highest BCUT2D eigenvalue weighted by Gasteiger charge is 2.27. The van der Waals surface area contributed by atoms with Gasteiger partial charge >= 0.3 is 0 Å². The number of likely N-dealkylation sites (tertiary alicyclic amines) is 1. The fourth-order valence-corrected chi connectivity index (χ4v) is 3.44. The lowest BCUT2D eigenvalue weighted by atomic mass is 9.97. The highest BCUT2D eigenvalue weighted by Crippen LogP contribution is 2.26. The van der Waals surface area contributed by atoms with Crippen LogP contribution in [0.4, 0.5) is 0 Å². The van der Waals surface area contributed by atoms with Crippen molar-refractivity contribution in [1.29, 1.82) is 0 Å². The van der Waals surface area contributed by atoms with E-state index in [-0.39, 0.29) is 11.8 Å². The first-order valence-corrected chi connectivity index (χ1v) is 8.20. The average molecular weight is 305 g/mol. The third-order valence-corrected chi connectivity index (χ3v) is 4.77. The molecule has 0 N–H and O–H groups in total. The lowest BCUT2D eigenvalue weighted by Crippen LogP contribution is -2.39. The number of thiophene rings is 1. The van der Waals surface area contributed by atoms with Crippen LogP contribution in [0, 0.1) is 6.92 Å². The van der Waals surface area contributed by atoms with Gasteiger partial charge in [0.1, 0.15) is 0 Å². The summed E-state index contributed by atoms with van der Waals surface area (Å²) in [5, 5.41) is 5.89. The number of aromatic nitrogens is 2. The summed E-state index contributed by atoms with van der Waals surface area (Å²) >= 11 is 1.71. The van der Waals surface area contributed by atoms with Gasteiger partial charge < -0.3 is 9.42 Å². The molecule has 0 aliphatic carbocycles. The van der Waals surface area contributed by atoms with Crippen LogP contribution in [0.15, 0.2) is 22.0 Å². The molecule has 0 aromatic carbocycles. The predicted molar refractivity (Wildman–Crippen MR) is 80.2 cm³/mol. The van der Waals surface area contributed by atoms with Gasteiger partial charge in [0.25, 0.3) is 0 Å². The second kappa shape index (κ2) is 6.39. The monoisotopic (exact) mass is 305 g/mol. The van der Waals surface area contributed by atoms with Gasteiger partial charge in [-0.15, -0.1) is 11.3 Å². The molecule has 1 fully saturated rings. The zero-order chi connectivity index (χ0) is 14.7. The zero-order valence-corrected chi connectivity index (χ0v) is 12.9. The van der Waals surface area contributed by atoms with E-state index < -0.39 is 0 Å². The third kappa shape index (κ3) is 3.50. The van der Waals surface area contributed by atoms with Crippen LogP contribution in [-0.4, -0.2) is 34.0 Å². The molecular formula is C15H19N3O2S. The number of hydrogen-bond donors (Lipinski definition) is 0. The standard InChI is InChI=1S/C15H19N3O2S/c1-11-16-15(20-17-11)12-4-2-8-18(10-12)14(19)7-6-13-5-3-9-21-13/h3,5,9,12H,2,4,6-8,10H2,1H3/t12-/m1/s1. The second-order valence-electron chi connectivity index (χ2n) is 5.44.